The van der Waals surface area contributed by atoms with Gasteiger partial charge >= 0.3 is 0 Å². The maximum atomic E-state index is 6.38. The first-order valence-corrected chi connectivity index (χ1v) is 13.9. The number of thiazole rings is 1. The molecule has 0 fully saturated rings. The highest BCUT2D eigenvalue weighted by Crippen LogP contribution is 2.44. The van der Waals surface area contributed by atoms with Gasteiger partial charge in [-0.05, 0) is 46.7 Å². The van der Waals surface area contributed by atoms with Gasteiger partial charge in [0.1, 0.15) is 11.2 Å². The van der Waals surface area contributed by atoms with E-state index in [4.69, 9.17) is 9.40 Å². The normalized spacial score (nSPS) is 12.1. The summed E-state index contributed by atoms with van der Waals surface area (Å²) >= 11 is 1.74. The van der Waals surface area contributed by atoms with Gasteiger partial charge in [-0.3, -0.25) is 4.57 Å². The molecule has 9 rings (SSSR count). The van der Waals surface area contributed by atoms with Gasteiger partial charge in [0, 0.05) is 27.1 Å². The van der Waals surface area contributed by atoms with Crippen molar-refractivity contribution in [2.24, 2.45) is 0 Å². The van der Waals surface area contributed by atoms with E-state index < -0.39 is 0 Å². The Morgan fingerprint density at radius 2 is 1.31 bits per heavy atom. The first kappa shape index (κ1) is 21.1. The van der Waals surface area contributed by atoms with Crippen LogP contribution in [0.3, 0.4) is 0 Å². The topological polar surface area (TPSA) is 31.0 Å². The summed E-state index contributed by atoms with van der Waals surface area (Å²) in [6, 6.07) is 42.8. The highest BCUT2D eigenvalue weighted by atomic mass is 32.1. The quantitative estimate of drug-likeness (QED) is 0.229. The molecule has 3 nitrogen and oxygen atoms in total. The molecule has 4 heteroatoms. The summed E-state index contributed by atoms with van der Waals surface area (Å²) in [4.78, 5) is 5.39. The minimum absolute atomic E-state index is 0.894. The fourth-order valence-corrected chi connectivity index (χ4v) is 7.23. The van der Waals surface area contributed by atoms with Crippen molar-refractivity contribution in [3.05, 3.63) is 121 Å². The molecule has 9 aromatic rings. The molecule has 0 aliphatic rings. The minimum atomic E-state index is 0.894. The Morgan fingerprint density at radius 3 is 2.18 bits per heavy atom. The first-order valence-electron chi connectivity index (χ1n) is 13.1. The third-order valence-corrected chi connectivity index (χ3v) is 8.87. The van der Waals surface area contributed by atoms with Gasteiger partial charge in [-0.25, -0.2) is 4.98 Å². The van der Waals surface area contributed by atoms with Crippen LogP contribution in [-0.4, -0.2) is 9.55 Å². The molecule has 6 aromatic carbocycles. The lowest BCUT2D eigenvalue weighted by Gasteiger charge is -2.04. The van der Waals surface area contributed by atoms with Crippen molar-refractivity contribution >= 4 is 76.1 Å². The van der Waals surface area contributed by atoms with Crippen LogP contribution in [0.4, 0.5) is 0 Å². The lowest BCUT2D eigenvalue weighted by atomic mass is 10.0. The molecule has 0 N–H and O–H groups in total. The molecule has 3 aromatic heterocycles. The Hall–Kier alpha value is -4.93. The summed E-state index contributed by atoms with van der Waals surface area (Å²) in [5.74, 6) is 0. The van der Waals surface area contributed by atoms with Crippen LogP contribution in [0.25, 0.3) is 81.0 Å². The van der Waals surface area contributed by atoms with Crippen LogP contribution in [0.1, 0.15) is 0 Å². The van der Waals surface area contributed by atoms with Gasteiger partial charge in [0.2, 0.25) is 0 Å². The van der Waals surface area contributed by atoms with Crippen molar-refractivity contribution in [3.8, 4) is 16.3 Å². The van der Waals surface area contributed by atoms with E-state index in [1.54, 1.807) is 11.3 Å². The molecule has 39 heavy (non-hydrogen) atoms. The number of rotatable bonds is 2. The Kier molecular flexibility index (Phi) is 4.21. The van der Waals surface area contributed by atoms with E-state index >= 15 is 0 Å². The summed E-state index contributed by atoms with van der Waals surface area (Å²) in [6.07, 6.45) is 0. The van der Waals surface area contributed by atoms with Gasteiger partial charge in [-0.15, -0.1) is 0 Å². The second kappa shape index (κ2) is 7.79. The van der Waals surface area contributed by atoms with Gasteiger partial charge in [-0.1, -0.05) is 102 Å². The average molecular weight is 517 g/mol. The fourth-order valence-electron chi connectivity index (χ4n) is 6.06. The molecule has 0 aliphatic heterocycles. The monoisotopic (exact) mass is 516 g/mol. The zero-order chi connectivity index (χ0) is 25.5. The first-order chi connectivity index (χ1) is 19.3. The molecule has 0 radical (unpaired) electrons. The molecule has 0 atom stereocenters. The van der Waals surface area contributed by atoms with Crippen LogP contribution in [-0.2, 0) is 0 Å². The molecule has 0 amide bonds. The molecule has 0 saturated carbocycles. The third-order valence-electron chi connectivity index (χ3n) is 7.81. The fraction of sp³-hybridized carbons (Fsp3) is 0. The number of hydrogen-bond acceptors (Lipinski definition) is 3. The lowest BCUT2D eigenvalue weighted by molar-refractivity contribution is 0.669. The van der Waals surface area contributed by atoms with Gasteiger partial charge in [0.15, 0.2) is 5.13 Å². The predicted molar refractivity (Wildman–Crippen MR) is 164 cm³/mol. The van der Waals surface area contributed by atoms with Crippen LogP contribution >= 0.6 is 11.3 Å². The van der Waals surface area contributed by atoms with Crippen molar-refractivity contribution < 1.29 is 4.42 Å². The van der Waals surface area contributed by atoms with Crippen molar-refractivity contribution in [1.82, 2.24) is 9.55 Å². The molecular weight excluding hydrogens is 496 g/mol. The third kappa shape index (κ3) is 2.95. The molecule has 0 spiro atoms. The zero-order valence-electron chi connectivity index (χ0n) is 20.8. The minimum Gasteiger partial charge on any atom is -0.456 e. The maximum Gasteiger partial charge on any atom is 0.195 e. The summed E-state index contributed by atoms with van der Waals surface area (Å²) in [6.45, 7) is 0. The summed E-state index contributed by atoms with van der Waals surface area (Å²) in [5.41, 5.74) is 7.36. The van der Waals surface area contributed by atoms with Crippen LogP contribution in [0.5, 0.6) is 0 Å². The number of benzene rings is 6. The lowest BCUT2D eigenvalue weighted by Crippen LogP contribution is -1.92. The van der Waals surface area contributed by atoms with E-state index in [0.717, 1.165) is 53.9 Å². The highest BCUT2D eigenvalue weighted by molar-refractivity contribution is 7.22. The maximum absolute atomic E-state index is 6.38. The Labute approximate surface area is 227 Å². The van der Waals surface area contributed by atoms with Gasteiger partial charge in [0.05, 0.1) is 21.3 Å². The van der Waals surface area contributed by atoms with E-state index in [-0.39, 0.29) is 0 Å². The standard InChI is InChI=1S/C35H20N2OS/c1-2-10-21(11-3-1)26-20-31-32(25-15-7-9-17-30(25)38-31)34-33(26)36-35(39-34)37-28-16-8-6-14-24(28)27-18-22-12-4-5-13-23(22)19-29(27)37/h1-20H. The summed E-state index contributed by atoms with van der Waals surface area (Å²) in [7, 11) is 0. The van der Waals surface area contributed by atoms with E-state index in [2.05, 4.69) is 114 Å². The van der Waals surface area contributed by atoms with Gasteiger partial charge in [0.25, 0.3) is 0 Å². The van der Waals surface area contributed by atoms with Crippen LogP contribution in [0, 0.1) is 0 Å². The number of hydrogen-bond donors (Lipinski definition) is 0. The van der Waals surface area contributed by atoms with Crippen molar-refractivity contribution in [2.75, 3.05) is 0 Å². The van der Waals surface area contributed by atoms with Crippen LogP contribution in [0.15, 0.2) is 126 Å². The van der Waals surface area contributed by atoms with E-state index in [0.29, 0.717) is 0 Å². The van der Waals surface area contributed by atoms with Gasteiger partial charge < -0.3 is 4.42 Å². The van der Waals surface area contributed by atoms with E-state index in [9.17, 15) is 0 Å². The van der Waals surface area contributed by atoms with Crippen molar-refractivity contribution in [1.29, 1.82) is 0 Å². The van der Waals surface area contributed by atoms with Crippen LogP contribution in [0.2, 0.25) is 0 Å². The summed E-state index contributed by atoms with van der Waals surface area (Å²) < 4.78 is 9.87. The summed E-state index contributed by atoms with van der Waals surface area (Å²) in [5, 5.41) is 8.17. The number of para-hydroxylation sites is 2. The molecular formula is C35H20N2OS. The second-order valence-corrected chi connectivity index (χ2v) is 11.0. The number of fused-ring (bicyclic) bond motifs is 9. The average Bonchev–Trinajstić information content (AvgIpc) is 3.67. The Morgan fingerprint density at radius 1 is 0.590 bits per heavy atom. The van der Waals surface area contributed by atoms with Gasteiger partial charge in [-0.2, -0.15) is 0 Å². The Bertz CT molecular complexity index is 2390. The molecule has 0 saturated heterocycles. The highest BCUT2D eigenvalue weighted by Gasteiger charge is 2.21. The van der Waals surface area contributed by atoms with Crippen molar-refractivity contribution in [2.45, 2.75) is 0 Å². The number of furan rings is 1. The van der Waals surface area contributed by atoms with E-state index in [1.807, 2.05) is 12.1 Å². The molecule has 182 valence electrons. The zero-order valence-corrected chi connectivity index (χ0v) is 21.6. The van der Waals surface area contributed by atoms with E-state index in [1.165, 1.54) is 27.1 Å². The molecule has 0 unspecified atom stereocenters. The molecule has 0 bridgehead atoms. The SMILES string of the molecule is c1ccc(-c2cc3oc4ccccc4c3c3sc(-n4c5ccccc5c5cc6ccccc6cc54)nc23)cc1. The van der Waals surface area contributed by atoms with Crippen molar-refractivity contribution in [3.63, 3.8) is 0 Å². The smallest absolute Gasteiger partial charge is 0.195 e. The number of aromatic nitrogens is 2. The van der Waals surface area contributed by atoms with Crippen LogP contribution < -0.4 is 0 Å². The predicted octanol–water partition coefficient (Wildman–Crippen LogP) is 10.1. The Balaban J connectivity index is 1.45. The molecule has 3 heterocycles. The number of nitrogens with zero attached hydrogens (tertiary/aromatic N) is 2. The molecule has 0 aliphatic carbocycles. The largest absolute Gasteiger partial charge is 0.456 e. The second-order valence-electron chi connectivity index (χ2n) is 10.0.